The number of anilines is 1. The Kier molecular flexibility index (Phi) is 5.58. The molecule has 0 radical (unpaired) electrons. The molecule has 0 saturated carbocycles. The van der Waals surface area contributed by atoms with Crippen LogP contribution < -0.4 is 4.90 Å². The van der Waals surface area contributed by atoms with Gasteiger partial charge in [-0.05, 0) is 91.7 Å². The Labute approximate surface area is 185 Å². The van der Waals surface area contributed by atoms with Gasteiger partial charge in [-0.2, -0.15) is 0 Å². The third-order valence-corrected chi connectivity index (χ3v) is 6.36. The summed E-state index contributed by atoms with van der Waals surface area (Å²) in [5.41, 5.74) is 5.91. The highest BCUT2D eigenvalue weighted by Crippen LogP contribution is 2.37. The maximum atomic E-state index is 12.9. The van der Waals surface area contributed by atoms with Gasteiger partial charge >= 0.3 is 0 Å². The second-order valence-corrected chi connectivity index (χ2v) is 8.61. The van der Waals surface area contributed by atoms with Gasteiger partial charge in [-0.3, -0.25) is 9.59 Å². The number of nitrogens with zero attached hydrogens (tertiary/aromatic N) is 2. The van der Waals surface area contributed by atoms with Crippen molar-refractivity contribution in [1.82, 2.24) is 4.57 Å². The van der Waals surface area contributed by atoms with Gasteiger partial charge in [-0.1, -0.05) is 30.7 Å². The van der Waals surface area contributed by atoms with E-state index < -0.39 is 0 Å². The van der Waals surface area contributed by atoms with Crippen LogP contribution in [0.5, 0.6) is 0 Å². The molecular weight excluding hydrogens is 416 g/mol. The fourth-order valence-corrected chi connectivity index (χ4v) is 4.59. The third-order valence-electron chi connectivity index (χ3n) is 5.24. The van der Waals surface area contributed by atoms with Gasteiger partial charge in [0.15, 0.2) is 0 Å². The van der Waals surface area contributed by atoms with E-state index in [1.165, 1.54) is 10.5 Å². The van der Waals surface area contributed by atoms with Gasteiger partial charge in [-0.25, -0.2) is 4.90 Å². The van der Waals surface area contributed by atoms with Crippen LogP contribution in [0, 0.1) is 13.8 Å². The quantitative estimate of drug-likeness (QED) is 0.435. The van der Waals surface area contributed by atoms with Crippen molar-refractivity contribution >= 4 is 46.3 Å². The van der Waals surface area contributed by atoms with Crippen molar-refractivity contribution in [2.24, 2.45) is 0 Å². The number of benzene rings is 2. The van der Waals surface area contributed by atoms with Crippen molar-refractivity contribution in [1.29, 1.82) is 0 Å². The monoisotopic (exact) mass is 436 g/mol. The highest BCUT2D eigenvalue weighted by atomic mass is 35.5. The molecule has 1 saturated heterocycles. The molecule has 1 aliphatic heterocycles. The lowest BCUT2D eigenvalue weighted by molar-refractivity contribution is -0.113. The summed E-state index contributed by atoms with van der Waals surface area (Å²) in [5, 5.41) is 0.248. The van der Waals surface area contributed by atoms with E-state index in [0.29, 0.717) is 15.6 Å². The molecule has 2 heterocycles. The Morgan fingerprint density at radius 3 is 2.23 bits per heavy atom. The number of halogens is 1. The van der Waals surface area contributed by atoms with Crippen molar-refractivity contribution in [2.45, 2.75) is 27.2 Å². The first kappa shape index (κ1) is 20.5. The lowest BCUT2D eigenvalue weighted by atomic mass is 10.1. The van der Waals surface area contributed by atoms with Crippen LogP contribution in [0.2, 0.25) is 5.02 Å². The normalized spacial score (nSPS) is 15.5. The molecule has 1 aliphatic rings. The maximum absolute atomic E-state index is 12.9. The van der Waals surface area contributed by atoms with Gasteiger partial charge < -0.3 is 4.57 Å². The van der Waals surface area contributed by atoms with Crippen LogP contribution in [-0.4, -0.2) is 15.7 Å². The van der Waals surface area contributed by atoms with Crippen molar-refractivity contribution < 1.29 is 9.59 Å². The molecule has 0 atom stereocenters. The summed E-state index contributed by atoms with van der Waals surface area (Å²) in [6, 6.07) is 17.2. The van der Waals surface area contributed by atoms with Gasteiger partial charge in [0.2, 0.25) is 0 Å². The van der Waals surface area contributed by atoms with Crippen LogP contribution >= 0.6 is 23.4 Å². The van der Waals surface area contributed by atoms with Gasteiger partial charge in [0.25, 0.3) is 11.1 Å². The van der Waals surface area contributed by atoms with Crippen LogP contribution in [0.15, 0.2) is 59.5 Å². The number of hydrogen-bond donors (Lipinski definition) is 0. The smallest absolute Gasteiger partial charge is 0.298 e. The average Bonchev–Trinajstić information content (AvgIpc) is 3.17. The molecule has 30 heavy (non-hydrogen) atoms. The Morgan fingerprint density at radius 2 is 1.60 bits per heavy atom. The number of aryl methyl sites for hydroxylation is 2. The molecule has 4 rings (SSSR count). The molecule has 3 aromatic rings. The molecule has 0 aliphatic carbocycles. The van der Waals surface area contributed by atoms with Crippen molar-refractivity contribution in [3.63, 3.8) is 0 Å². The molecule has 1 fully saturated rings. The molecule has 6 heteroatoms. The van der Waals surface area contributed by atoms with Crippen molar-refractivity contribution in [2.75, 3.05) is 4.90 Å². The van der Waals surface area contributed by atoms with Crippen molar-refractivity contribution in [3.8, 4) is 5.69 Å². The zero-order valence-electron chi connectivity index (χ0n) is 17.0. The first-order valence-corrected chi connectivity index (χ1v) is 10.9. The van der Waals surface area contributed by atoms with Crippen LogP contribution in [0.1, 0.15) is 29.4 Å². The molecule has 0 unspecified atom stereocenters. The largest absolute Gasteiger partial charge is 0.318 e. The van der Waals surface area contributed by atoms with E-state index in [1.807, 2.05) is 19.9 Å². The Morgan fingerprint density at radius 1 is 0.967 bits per heavy atom. The number of carbonyl (C=O) groups is 2. The third kappa shape index (κ3) is 3.71. The second-order valence-electron chi connectivity index (χ2n) is 7.18. The number of carbonyl (C=O) groups excluding carboxylic acids is 2. The number of thioether (sulfide) groups is 1. The number of hydrogen-bond acceptors (Lipinski definition) is 3. The van der Waals surface area contributed by atoms with Crippen LogP contribution in [-0.2, 0) is 11.2 Å². The molecule has 4 nitrogen and oxygen atoms in total. The standard InChI is InChI=1S/C24H21ClN2O2S/c1-4-17-5-9-20(10-6-17)26-15(2)13-18(16(26)3)14-22-23(28)27(24(29)30-22)21-11-7-19(25)8-12-21/h5-14H,4H2,1-3H3/b22-14-. The van der Waals surface area contributed by atoms with Gasteiger partial charge in [0.1, 0.15) is 0 Å². The zero-order valence-corrected chi connectivity index (χ0v) is 18.6. The van der Waals surface area contributed by atoms with E-state index >= 15 is 0 Å². The summed E-state index contributed by atoms with van der Waals surface area (Å²) in [5.74, 6) is -0.315. The Bertz CT molecular complexity index is 1160. The topological polar surface area (TPSA) is 42.3 Å². The zero-order chi connectivity index (χ0) is 21.4. The van der Waals surface area contributed by atoms with Gasteiger partial charge in [0, 0.05) is 22.1 Å². The molecular formula is C24H21ClN2O2S. The molecule has 2 aromatic carbocycles. The minimum Gasteiger partial charge on any atom is -0.318 e. The summed E-state index contributed by atoms with van der Waals surface area (Å²) >= 11 is 6.88. The molecule has 2 amide bonds. The van der Waals surface area contributed by atoms with E-state index in [-0.39, 0.29) is 11.1 Å². The summed E-state index contributed by atoms with van der Waals surface area (Å²) < 4.78 is 2.16. The summed E-state index contributed by atoms with van der Waals surface area (Å²) in [4.78, 5) is 27.0. The second kappa shape index (κ2) is 8.17. The predicted molar refractivity (Wildman–Crippen MR) is 125 cm³/mol. The molecule has 0 bridgehead atoms. The highest BCUT2D eigenvalue weighted by Gasteiger charge is 2.36. The summed E-state index contributed by atoms with van der Waals surface area (Å²) in [6.07, 6.45) is 2.80. The van der Waals surface area contributed by atoms with Crippen LogP contribution in [0.25, 0.3) is 11.8 Å². The first-order chi connectivity index (χ1) is 14.4. The fourth-order valence-electron chi connectivity index (χ4n) is 3.63. The number of rotatable bonds is 4. The summed E-state index contributed by atoms with van der Waals surface area (Å²) in [7, 11) is 0. The minimum absolute atomic E-state index is 0.308. The van der Waals surface area contributed by atoms with E-state index in [9.17, 15) is 9.59 Å². The lowest BCUT2D eigenvalue weighted by Crippen LogP contribution is -2.27. The Hall–Kier alpha value is -2.76. The van der Waals surface area contributed by atoms with Crippen LogP contribution in [0.4, 0.5) is 10.5 Å². The lowest BCUT2D eigenvalue weighted by Gasteiger charge is -2.12. The maximum Gasteiger partial charge on any atom is 0.298 e. The van der Waals surface area contributed by atoms with E-state index in [1.54, 1.807) is 30.3 Å². The fraction of sp³-hybridized carbons (Fsp3) is 0.167. The summed E-state index contributed by atoms with van der Waals surface area (Å²) in [6.45, 7) is 6.20. The SMILES string of the molecule is CCc1ccc(-n2c(C)cc(/C=C3\SC(=O)N(c4ccc(Cl)cc4)C3=O)c2C)cc1. The Balaban J connectivity index is 1.67. The van der Waals surface area contributed by atoms with Crippen LogP contribution in [0.3, 0.4) is 0 Å². The average molecular weight is 437 g/mol. The highest BCUT2D eigenvalue weighted by molar-refractivity contribution is 8.19. The van der Waals surface area contributed by atoms with Gasteiger partial charge in [-0.15, -0.1) is 0 Å². The molecule has 1 aromatic heterocycles. The minimum atomic E-state index is -0.315. The van der Waals surface area contributed by atoms with E-state index in [4.69, 9.17) is 11.6 Å². The number of amides is 2. The molecule has 0 spiro atoms. The number of aromatic nitrogens is 1. The number of imide groups is 1. The first-order valence-electron chi connectivity index (χ1n) is 9.71. The van der Waals surface area contributed by atoms with E-state index in [0.717, 1.165) is 40.8 Å². The van der Waals surface area contributed by atoms with E-state index in [2.05, 4.69) is 35.8 Å². The molecule has 152 valence electrons. The predicted octanol–water partition coefficient (Wildman–Crippen LogP) is 6.55. The molecule has 0 N–H and O–H groups in total. The van der Waals surface area contributed by atoms with Crippen molar-refractivity contribution in [3.05, 3.63) is 87.0 Å². The van der Waals surface area contributed by atoms with Gasteiger partial charge in [0.05, 0.1) is 10.6 Å².